The summed E-state index contributed by atoms with van der Waals surface area (Å²) in [6, 6.07) is 0. The van der Waals surface area contributed by atoms with Gasteiger partial charge in [-0.05, 0) is 20.0 Å². The van der Waals surface area contributed by atoms with Gasteiger partial charge in [0.2, 0.25) is 0 Å². The summed E-state index contributed by atoms with van der Waals surface area (Å²) in [7, 11) is 3.86. The van der Waals surface area contributed by atoms with Gasteiger partial charge in [0.05, 0.1) is 5.60 Å². The van der Waals surface area contributed by atoms with Crippen LogP contribution >= 0.6 is 0 Å². The van der Waals surface area contributed by atoms with Gasteiger partial charge >= 0.3 is 0 Å². The molecule has 60 valence electrons. The lowest BCUT2D eigenvalue weighted by Gasteiger charge is -2.47. The predicted molar refractivity (Wildman–Crippen MR) is 40.9 cm³/mol. The molecule has 0 atom stereocenters. The number of likely N-dealkylation sites (tertiary alicyclic amines) is 1. The highest BCUT2D eigenvalue weighted by molar-refractivity contribution is 4.95. The molecule has 1 fully saturated rings. The molecule has 0 radical (unpaired) electrons. The number of rotatable bonds is 3. The van der Waals surface area contributed by atoms with E-state index in [4.69, 9.17) is 10.5 Å². The van der Waals surface area contributed by atoms with Crippen LogP contribution < -0.4 is 5.73 Å². The first-order valence-electron chi connectivity index (χ1n) is 3.66. The Hall–Kier alpha value is -0.120. The van der Waals surface area contributed by atoms with Crippen molar-refractivity contribution in [2.75, 3.05) is 33.8 Å². The fraction of sp³-hybridized carbons (Fsp3) is 1.00. The second kappa shape index (κ2) is 2.86. The van der Waals surface area contributed by atoms with E-state index in [0.29, 0.717) is 0 Å². The minimum atomic E-state index is 0.0868. The van der Waals surface area contributed by atoms with Gasteiger partial charge in [0, 0.05) is 20.2 Å². The van der Waals surface area contributed by atoms with Gasteiger partial charge in [0.1, 0.15) is 0 Å². The topological polar surface area (TPSA) is 38.5 Å². The number of methoxy groups -OCH3 is 1. The van der Waals surface area contributed by atoms with Gasteiger partial charge < -0.3 is 15.4 Å². The van der Waals surface area contributed by atoms with Crippen LogP contribution in [0.5, 0.6) is 0 Å². The summed E-state index contributed by atoms with van der Waals surface area (Å²) in [6.07, 6.45) is 0.980. The largest absolute Gasteiger partial charge is 0.376 e. The maximum atomic E-state index is 5.45. The predicted octanol–water partition coefficient (Wildman–Crippen LogP) is -0.334. The van der Waals surface area contributed by atoms with Crippen molar-refractivity contribution in [1.82, 2.24) is 4.90 Å². The molecule has 0 spiro atoms. The van der Waals surface area contributed by atoms with E-state index >= 15 is 0 Å². The van der Waals surface area contributed by atoms with E-state index in [9.17, 15) is 0 Å². The normalized spacial score (nSPS) is 24.3. The number of hydrogen-bond donors (Lipinski definition) is 1. The molecule has 3 nitrogen and oxygen atoms in total. The molecule has 0 amide bonds. The summed E-state index contributed by atoms with van der Waals surface area (Å²) in [4.78, 5) is 2.24. The number of nitrogens with zero attached hydrogens (tertiary/aromatic N) is 1. The SMILES string of the molecule is COC1(CCN)CN(C)C1. The van der Waals surface area contributed by atoms with Gasteiger partial charge in [0.15, 0.2) is 0 Å². The molecule has 0 saturated carbocycles. The van der Waals surface area contributed by atoms with E-state index in [1.165, 1.54) is 0 Å². The Kier molecular flexibility index (Phi) is 2.28. The Morgan fingerprint density at radius 1 is 1.60 bits per heavy atom. The van der Waals surface area contributed by atoms with Crippen LogP contribution in [0.4, 0.5) is 0 Å². The molecule has 0 aromatic carbocycles. The van der Waals surface area contributed by atoms with Crippen molar-refractivity contribution in [2.45, 2.75) is 12.0 Å². The quantitative estimate of drug-likeness (QED) is 0.589. The molecule has 1 aliphatic heterocycles. The van der Waals surface area contributed by atoms with Gasteiger partial charge in [-0.15, -0.1) is 0 Å². The van der Waals surface area contributed by atoms with E-state index in [2.05, 4.69) is 11.9 Å². The molecular formula is C7H16N2O. The molecule has 1 saturated heterocycles. The van der Waals surface area contributed by atoms with E-state index in [-0.39, 0.29) is 5.60 Å². The van der Waals surface area contributed by atoms with Gasteiger partial charge in [-0.3, -0.25) is 0 Å². The van der Waals surface area contributed by atoms with Crippen LogP contribution in [0.3, 0.4) is 0 Å². The first kappa shape index (κ1) is 7.98. The Morgan fingerprint density at radius 2 is 2.20 bits per heavy atom. The van der Waals surface area contributed by atoms with Crippen LogP contribution in [0.15, 0.2) is 0 Å². The number of ether oxygens (including phenoxy) is 1. The summed E-state index contributed by atoms with van der Waals surface area (Å²) >= 11 is 0. The lowest BCUT2D eigenvalue weighted by atomic mass is 9.91. The molecular weight excluding hydrogens is 128 g/mol. The summed E-state index contributed by atoms with van der Waals surface area (Å²) < 4.78 is 5.36. The van der Waals surface area contributed by atoms with Crippen molar-refractivity contribution >= 4 is 0 Å². The highest BCUT2D eigenvalue weighted by Crippen LogP contribution is 2.25. The lowest BCUT2D eigenvalue weighted by molar-refractivity contribution is -0.117. The number of hydrogen-bond acceptors (Lipinski definition) is 3. The molecule has 2 N–H and O–H groups in total. The first-order valence-corrected chi connectivity index (χ1v) is 3.66. The zero-order chi connectivity index (χ0) is 7.61. The van der Waals surface area contributed by atoms with E-state index < -0.39 is 0 Å². The molecule has 3 heteroatoms. The van der Waals surface area contributed by atoms with Gasteiger partial charge in [-0.1, -0.05) is 0 Å². The van der Waals surface area contributed by atoms with Gasteiger partial charge in [0.25, 0.3) is 0 Å². The lowest BCUT2D eigenvalue weighted by Crippen LogP contribution is -2.61. The Bertz CT molecular complexity index is 105. The van der Waals surface area contributed by atoms with Crippen molar-refractivity contribution in [2.24, 2.45) is 5.73 Å². The minimum Gasteiger partial charge on any atom is -0.376 e. The fourth-order valence-corrected chi connectivity index (χ4v) is 1.59. The molecule has 0 aromatic heterocycles. The van der Waals surface area contributed by atoms with Crippen molar-refractivity contribution < 1.29 is 4.74 Å². The molecule has 1 rings (SSSR count). The van der Waals surface area contributed by atoms with Crippen LogP contribution in [-0.2, 0) is 4.74 Å². The van der Waals surface area contributed by atoms with Crippen molar-refractivity contribution in [1.29, 1.82) is 0 Å². The molecule has 10 heavy (non-hydrogen) atoms. The maximum Gasteiger partial charge on any atom is 0.0942 e. The Labute approximate surface area is 62.1 Å². The molecule has 0 bridgehead atoms. The average Bonchev–Trinajstić information content (AvgIpc) is 1.84. The van der Waals surface area contributed by atoms with E-state index in [0.717, 1.165) is 26.1 Å². The highest BCUT2D eigenvalue weighted by atomic mass is 16.5. The number of nitrogens with two attached hydrogens (primary N) is 1. The Balaban J connectivity index is 2.32. The van der Waals surface area contributed by atoms with Crippen molar-refractivity contribution in [3.05, 3.63) is 0 Å². The standard InChI is InChI=1S/C7H16N2O/c1-9-5-7(6-9,10-2)3-4-8/h3-6,8H2,1-2H3. The highest BCUT2D eigenvalue weighted by Gasteiger charge is 2.40. The van der Waals surface area contributed by atoms with Crippen LogP contribution in [0.1, 0.15) is 6.42 Å². The van der Waals surface area contributed by atoms with Crippen LogP contribution in [0.2, 0.25) is 0 Å². The molecule has 0 aliphatic carbocycles. The monoisotopic (exact) mass is 144 g/mol. The average molecular weight is 144 g/mol. The molecule has 0 unspecified atom stereocenters. The second-order valence-electron chi connectivity index (χ2n) is 3.10. The van der Waals surface area contributed by atoms with Crippen LogP contribution in [-0.4, -0.2) is 44.3 Å². The minimum absolute atomic E-state index is 0.0868. The van der Waals surface area contributed by atoms with Crippen molar-refractivity contribution in [3.63, 3.8) is 0 Å². The van der Waals surface area contributed by atoms with E-state index in [1.807, 2.05) is 0 Å². The zero-order valence-corrected chi connectivity index (χ0v) is 6.76. The third-order valence-corrected chi connectivity index (χ3v) is 2.15. The summed E-state index contributed by atoms with van der Waals surface area (Å²) in [5.74, 6) is 0. The van der Waals surface area contributed by atoms with Gasteiger partial charge in [-0.2, -0.15) is 0 Å². The van der Waals surface area contributed by atoms with Crippen molar-refractivity contribution in [3.8, 4) is 0 Å². The smallest absolute Gasteiger partial charge is 0.0942 e. The fourth-order valence-electron chi connectivity index (χ4n) is 1.59. The molecule has 1 heterocycles. The summed E-state index contributed by atoms with van der Waals surface area (Å²) in [6.45, 7) is 2.78. The third kappa shape index (κ3) is 1.31. The third-order valence-electron chi connectivity index (χ3n) is 2.15. The molecule has 0 aromatic rings. The zero-order valence-electron chi connectivity index (χ0n) is 6.76. The Morgan fingerprint density at radius 3 is 2.50 bits per heavy atom. The van der Waals surface area contributed by atoms with Crippen LogP contribution in [0, 0.1) is 0 Å². The van der Waals surface area contributed by atoms with Crippen LogP contribution in [0.25, 0.3) is 0 Å². The first-order chi connectivity index (χ1) is 4.72. The van der Waals surface area contributed by atoms with E-state index in [1.54, 1.807) is 7.11 Å². The summed E-state index contributed by atoms with van der Waals surface area (Å²) in [5.41, 5.74) is 5.53. The second-order valence-corrected chi connectivity index (χ2v) is 3.10. The van der Waals surface area contributed by atoms with Gasteiger partial charge in [-0.25, -0.2) is 0 Å². The number of likely N-dealkylation sites (N-methyl/N-ethyl adjacent to an activating group) is 1. The maximum absolute atomic E-state index is 5.45. The molecule has 1 aliphatic rings. The summed E-state index contributed by atoms with van der Waals surface area (Å²) in [5, 5.41) is 0.